The van der Waals surface area contributed by atoms with Crippen molar-refractivity contribution in [3.05, 3.63) is 72.6 Å². The summed E-state index contributed by atoms with van der Waals surface area (Å²) in [6.45, 7) is 0.618. The van der Waals surface area contributed by atoms with Crippen LogP contribution in [-0.2, 0) is 16.2 Å². The summed E-state index contributed by atoms with van der Waals surface area (Å²) in [7, 11) is 3.13. The molecule has 2 amide bonds. The van der Waals surface area contributed by atoms with Gasteiger partial charge in [0.1, 0.15) is 12.4 Å². The van der Waals surface area contributed by atoms with E-state index in [1.165, 1.54) is 0 Å². The van der Waals surface area contributed by atoms with Gasteiger partial charge in [-0.05, 0) is 30.3 Å². The van der Waals surface area contributed by atoms with Gasteiger partial charge in [0, 0.05) is 54.4 Å². The van der Waals surface area contributed by atoms with Gasteiger partial charge in [-0.15, -0.1) is 0 Å². The Bertz CT molecular complexity index is 1140. The lowest BCUT2D eigenvalue weighted by Gasteiger charge is -2.18. The summed E-state index contributed by atoms with van der Waals surface area (Å²) in [5, 5.41) is 2.90. The number of carbonyl (C=O) groups excluding carboxylic acids is 2. The van der Waals surface area contributed by atoms with Gasteiger partial charge in [0.25, 0.3) is 0 Å². The quantitative estimate of drug-likeness (QED) is 0.567. The molecule has 0 aliphatic carbocycles. The van der Waals surface area contributed by atoms with Gasteiger partial charge < -0.3 is 24.4 Å². The predicted molar refractivity (Wildman–Crippen MR) is 124 cm³/mol. The van der Waals surface area contributed by atoms with Gasteiger partial charge in [0.05, 0.1) is 20.1 Å². The maximum Gasteiger partial charge on any atom is 0.229 e. The van der Waals surface area contributed by atoms with Gasteiger partial charge in [0.2, 0.25) is 11.8 Å². The third kappa shape index (κ3) is 5.23. The van der Waals surface area contributed by atoms with Crippen molar-refractivity contribution in [2.45, 2.75) is 13.0 Å². The van der Waals surface area contributed by atoms with E-state index in [9.17, 15) is 9.59 Å². The highest BCUT2D eigenvalue weighted by Gasteiger charge is 2.35. The third-order valence-electron chi connectivity index (χ3n) is 5.41. The molecule has 3 aromatic rings. The average molecular weight is 447 g/mol. The first-order valence-electron chi connectivity index (χ1n) is 10.5. The number of aromatic nitrogens is 1. The summed E-state index contributed by atoms with van der Waals surface area (Å²) in [5.74, 6) is 0.920. The Morgan fingerprint density at radius 2 is 1.97 bits per heavy atom. The third-order valence-corrected chi connectivity index (χ3v) is 5.41. The molecule has 1 aromatic heterocycles. The van der Waals surface area contributed by atoms with Crippen molar-refractivity contribution in [2.75, 3.05) is 31.0 Å². The summed E-state index contributed by atoms with van der Waals surface area (Å²) in [6, 6.07) is 16.2. The average Bonchev–Trinajstić information content (AvgIpc) is 3.25. The van der Waals surface area contributed by atoms with Crippen LogP contribution in [0.5, 0.6) is 17.2 Å². The Labute approximate surface area is 192 Å². The van der Waals surface area contributed by atoms with E-state index in [0.717, 1.165) is 5.56 Å². The molecule has 1 aliphatic rings. The fourth-order valence-corrected chi connectivity index (χ4v) is 3.67. The zero-order valence-corrected chi connectivity index (χ0v) is 18.5. The number of pyridine rings is 1. The molecular formula is C25H25N3O5. The number of amides is 2. The summed E-state index contributed by atoms with van der Waals surface area (Å²) >= 11 is 0. The molecule has 8 heteroatoms. The molecule has 2 heterocycles. The Morgan fingerprint density at radius 1 is 1.09 bits per heavy atom. The van der Waals surface area contributed by atoms with Crippen LogP contribution in [0, 0.1) is 5.92 Å². The van der Waals surface area contributed by atoms with E-state index >= 15 is 0 Å². The van der Waals surface area contributed by atoms with Gasteiger partial charge in [-0.2, -0.15) is 0 Å². The van der Waals surface area contributed by atoms with Crippen LogP contribution in [0.1, 0.15) is 12.0 Å². The molecule has 0 bridgehead atoms. The fourth-order valence-electron chi connectivity index (χ4n) is 3.67. The zero-order chi connectivity index (χ0) is 23.2. The summed E-state index contributed by atoms with van der Waals surface area (Å²) in [6.07, 6.45) is 3.57. The second kappa shape index (κ2) is 10.0. The van der Waals surface area contributed by atoms with E-state index in [1.54, 1.807) is 55.8 Å². The van der Waals surface area contributed by atoms with E-state index in [-0.39, 0.29) is 18.2 Å². The summed E-state index contributed by atoms with van der Waals surface area (Å²) in [4.78, 5) is 31.2. The lowest BCUT2D eigenvalue weighted by atomic mass is 10.1. The number of carbonyl (C=O) groups is 2. The van der Waals surface area contributed by atoms with E-state index in [4.69, 9.17) is 14.2 Å². The smallest absolute Gasteiger partial charge is 0.229 e. The standard InChI is InChI=1S/C25H25N3O5/c1-31-21-7-3-6-20(13-21)28-15-18(11-24(28)29)25(30)27-19-8-9-22(32-2)23(12-19)33-16-17-5-4-10-26-14-17/h3-10,12-14,18H,11,15-16H2,1-2H3,(H,27,30). The Hall–Kier alpha value is -4.07. The van der Waals surface area contributed by atoms with Gasteiger partial charge in [-0.25, -0.2) is 0 Å². The predicted octanol–water partition coefficient (Wildman–Crippen LogP) is 3.67. The van der Waals surface area contributed by atoms with Crippen molar-refractivity contribution >= 4 is 23.2 Å². The molecule has 1 unspecified atom stereocenters. The molecule has 1 saturated heterocycles. The molecule has 0 radical (unpaired) electrons. The van der Waals surface area contributed by atoms with E-state index in [0.29, 0.717) is 41.8 Å². The van der Waals surface area contributed by atoms with Crippen molar-refractivity contribution < 1.29 is 23.8 Å². The lowest BCUT2D eigenvalue weighted by Crippen LogP contribution is -2.28. The normalized spacial score (nSPS) is 15.3. The van der Waals surface area contributed by atoms with Crippen LogP contribution >= 0.6 is 0 Å². The minimum absolute atomic E-state index is 0.0985. The van der Waals surface area contributed by atoms with E-state index < -0.39 is 5.92 Å². The summed E-state index contributed by atoms with van der Waals surface area (Å²) < 4.78 is 16.5. The molecule has 2 aromatic carbocycles. The molecule has 8 nitrogen and oxygen atoms in total. The van der Waals surface area contributed by atoms with Gasteiger partial charge in [-0.3, -0.25) is 14.6 Å². The molecule has 1 fully saturated rings. The van der Waals surface area contributed by atoms with Gasteiger partial charge in [-0.1, -0.05) is 12.1 Å². The number of anilines is 2. The molecule has 0 saturated carbocycles. The first-order chi connectivity index (χ1) is 16.1. The van der Waals surface area contributed by atoms with E-state index in [2.05, 4.69) is 10.3 Å². The molecule has 33 heavy (non-hydrogen) atoms. The second-order valence-corrected chi connectivity index (χ2v) is 7.61. The monoisotopic (exact) mass is 447 g/mol. The lowest BCUT2D eigenvalue weighted by molar-refractivity contribution is -0.122. The highest BCUT2D eigenvalue weighted by molar-refractivity contribution is 6.03. The number of hydrogen-bond acceptors (Lipinski definition) is 6. The number of hydrogen-bond donors (Lipinski definition) is 1. The number of benzene rings is 2. The van der Waals surface area contributed by atoms with Crippen LogP contribution in [0.2, 0.25) is 0 Å². The highest BCUT2D eigenvalue weighted by Crippen LogP contribution is 2.32. The van der Waals surface area contributed by atoms with Gasteiger partial charge >= 0.3 is 0 Å². The van der Waals surface area contributed by atoms with Crippen LogP contribution in [0.4, 0.5) is 11.4 Å². The van der Waals surface area contributed by atoms with Crippen molar-refractivity contribution in [3.8, 4) is 17.2 Å². The van der Waals surface area contributed by atoms with Crippen LogP contribution in [0.15, 0.2) is 67.0 Å². The number of ether oxygens (including phenoxy) is 3. The molecule has 1 N–H and O–H groups in total. The van der Waals surface area contributed by atoms with Crippen LogP contribution in [0.3, 0.4) is 0 Å². The number of nitrogens with one attached hydrogen (secondary N) is 1. The zero-order valence-electron chi connectivity index (χ0n) is 18.5. The number of methoxy groups -OCH3 is 2. The molecule has 170 valence electrons. The van der Waals surface area contributed by atoms with Crippen molar-refractivity contribution in [3.63, 3.8) is 0 Å². The number of rotatable bonds is 8. The van der Waals surface area contributed by atoms with Crippen LogP contribution in [-0.4, -0.2) is 37.6 Å². The second-order valence-electron chi connectivity index (χ2n) is 7.61. The van der Waals surface area contributed by atoms with Gasteiger partial charge in [0.15, 0.2) is 11.5 Å². The SMILES string of the molecule is COc1cccc(N2CC(C(=O)Nc3ccc(OC)c(OCc4cccnc4)c3)CC2=O)c1. The number of nitrogens with zero attached hydrogens (tertiary/aromatic N) is 2. The highest BCUT2D eigenvalue weighted by atomic mass is 16.5. The Morgan fingerprint density at radius 3 is 2.73 bits per heavy atom. The molecule has 4 rings (SSSR count). The van der Waals surface area contributed by atoms with Crippen LogP contribution in [0.25, 0.3) is 0 Å². The first-order valence-corrected chi connectivity index (χ1v) is 10.5. The molecular weight excluding hydrogens is 422 g/mol. The maximum atomic E-state index is 12.9. The largest absolute Gasteiger partial charge is 0.497 e. The van der Waals surface area contributed by atoms with Crippen molar-refractivity contribution in [1.29, 1.82) is 0 Å². The van der Waals surface area contributed by atoms with E-state index in [1.807, 2.05) is 30.3 Å². The fraction of sp³-hybridized carbons (Fsp3) is 0.240. The topological polar surface area (TPSA) is 90.0 Å². The maximum absolute atomic E-state index is 12.9. The molecule has 1 aliphatic heterocycles. The molecule has 1 atom stereocenters. The first kappa shape index (κ1) is 22.1. The summed E-state index contributed by atoms with van der Waals surface area (Å²) in [5.41, 5.74) is 2.19. The van der Waals surface area contributed by atoms with Crippen molar-refractivity contribution in [1.82, 2.24) is 4.98 Å². The van der Waals surface area contributed by atoms with Crippen LogP contribution < -0.4 is 24.4 Å². The minimum atomic E-state index is -0.467. The molecule has 0 spiro atoms. The van der Waals surface area contributed by atoms with Crippen molar-refractivity contribution in [2.24, 2.45) is 5.92 Å². The Kier molecular flexibility index (Phi) is 6.73. The minimum Gasteiger partial charge on any atom is -0.497 e. The Balaban J connectivity index is 1.43.